The van der Waals surface area contributed by atoms with Crippen molar-refractivity contribution in [2.75, 3.05) is 12.4 Å². The summed E-state index contributed by atoms with van der Waals surface area (Å²) in [4.78, 5) is 12.2. The molecule has 1 N–H and O–H groups in total. The molecule has 0 spiro atoms. The molecule has 1 saturated carbocycles. The molecule has 1 aliphatic carbocycles. The highest BCUT2D eigenvalue weighted by molar-refractivity contribution is 9.10. The molecule has 1 unspecified atom stereocenters. The molecule has 0 bridgehead atoms. The maximum atomic E-state index is 12.2. The normalized spacial score (nSPS) is 17.9. The lowest BCUT2D eigenvalue weighted by atomic mass is 9.89. The van der Waals surface area contributed by atoms with E-state index in [4.69, 9.17) is 4.74 Å². The minimum atomic E-state index is -0.585. The zero-order valence-electron chi connectivity index (χ0n) is 10.7. The SMILES string of the molecule is CCC(Nc1ccccc1Br)(C(=O)OC)C1CC1. The fourth-order valence-corrected chi connectivity index (χ4v) is 2.79. The molecule has 0 amide bonds. The maximum absolute atomic E-state index is 12.2. The number of rotatable bonds is 5. The highest BCUT2D eigenvalue weighted by Crippen LogP contribution is 2.45. The second-order valence-electron chi connectivity index (χ2n) is 4.70. The van der Waals surface area contributed by atoms with E-state index < -0.39 is 5.54 Å². The lowest BCUT2D eigenvalue weighted by molar-refractivity contribution is -0.147. The van der Waals surface area contributed by atoms with E-state index in [1.165, 1.54) is 7.11 Å². The number of benzene rings is 1. The van der Waals surface area contributed by atoms with E-state index in [9.17, 15) is 4.79 Å². The smallest absolute Gasteiger partial charge is 0.331 e. The van der Waals surface area contributed by atoms with Gasteiger partial charge in [-0.3, -0.25) is 0 Å². The number of esters is 1. The molecule has 1 aliphatic rings. The minimum absolute atomic E-state index is 0.164. The average Bonchev–Trinajstić information content (AvgIpc) is 3.22. The lowest BCUT2D eigenvalue weighted by Gasteiger charge is -2.32. The van der Waals surface area contributed by atoms with E-state index in [-0.39, 0.29) is 5.97 Å². The number of ether oxygens (including phenoxy) is 1. The molecule has 1 aromatic rings. The largest absolute Gasteiger partial charge is 0.467 e. The van der Waals surface area contributed by atoms with Crippen molar-refractivity contribution >= 4 is 27.6 Å². The van der Waals surface area contributed by atoms with Crippen molar-refractivity contribution in [3.63, 3.8) is 0 Å². The molecule has 1 atom stereocenters. The third-order valence-corrected chi connectivity index (χ3v) is 4.30. The van der Waals surface area contributed by atoms with Gasteiger partial charge < -0.3 is 10.1 Å². The summed E-state index contributed by atoms with van der Waals surface area (Å²) >= 11 is 3.50. The molecule has 0 heterocycles. The third kappa shape index (κ3) is 2.39. The van der Waals surface area contributed by atoms with Gasteiger partial charge in [-0.15, -0.1) is 0 Å². The number of para-hydroxylation sites is 1. The molecule has 0 radical (unpaired) electrons. The Kier molecular flexibility index (Phi) is 3.95. The molecule has 18 heavy (non-hydrogen) atoms. The number of carbonyl (C=O) groups is 1. The fraction of sp³-hybridized carbons (Fsp3) is 0.500. The van der Waals surface area contributed by atoms with Crippen LogP contribution in [0.2, 0.25) is 0 Å². The first-order chi connectivity index (χ1) is 8.64. The Bertz CT molecular complexity index is 445. The number of carbonyl (C=O) groups excluding carboxylic acids is 1. The third-order valence-electron chi connectivity index (χ3n) is 3.61. The number of nitrogens with one attached hydrogen (secondary N) is 1. The molecule has 1 aromatic carbocycles. The lowest BCUT2D eigenvalue weighted by Crippen LogP contribution is -2.49. The van der Waals surface area contributed by atoms with Gasteiger partial charge in [-0.1, -0.05) is 19.1 Å². The van der Waals surface area contributed by atoms with Gasteiger partial charge >= 0.3 is 5.97 Å². The molecule has 3 nitrogen and oxygen atoms in total. The highest BCUT2D eigenvalue weighted by atomic mass is 79.9. The summed E-state index contributed by atoms with van der Waals surface area (Å²) in [6.45, 7) is 2.03. The summed E-state index contributed by atoms with van der Waals surface area (Å²) in [6, 6.07) is 7.85. The van der Waals surface area contributed by atoms with E-state index in [1.807, 2.05) is 31.2 Å². The van der Waals surface area contributed by atoms with E-state index in [2.05, 4.69) is 21.2 Å². The van der Waals surface area contributed by atoms with Gasteiger partial charge in [0.1, 0.15) is 5.54 Å². The number of anilines is 1. The Hall–Kier alpha value is -1.03. The van der Waals surface area contributed by atoms with Crippen LogP contribution >= 0.6 is 15.9 Å². The van der Waals surface area contributed by atoms with Crippen molar-refractivity contribution in [3.05, 3.63) is 28.7 Å². The Balaban J connectivity index is 2.30. The Labute approximate surface area is 116 Å². The highest BCUT2D eigenvalue weighted by Gasteiger charge is 2.50. The van der Waals surface area contributed by atoms with Crippen molar-refractivity contribution in [1.82, 2.24) is 0 Å². The van der Waals surface area contributed by atoms with E-state index in [0.29, 0.717) is 5.92 Å². The van der Waals surface area contributed by atoms with Gasteiger partial charge in [0.2, 0.25) is 0 Å². The number of halogens is 1. The second-order valence-corrected chi connectivity index (χ2v) is 5.55. The minimum Gasteiger partial charge on any atom is -0.467 e. The molecular weight excluding hydrogens is 294 g/mol. The molecular formula is C14H18BrNO2. The van der Waals surface area contributed by atoms with Crippen molar-refractivity contribution in [2.24, 2.45) is 5.92 Å². The van der Waals surface area contributed by atoms with Crippen LogP contribution < -0.4 is 5.32 Å². The van der Waals surface area contributed by atoms with E-state index >= 15 is 0 Å². The molecule has 2 rings (SSSR count). The number of methoxy groups -OCH3 is 1. The zero-order valence-corrected chi connectivity index (χ0v) is 12.3. The van der Waals surface area contributed by atoms with Gasteiger partial charge in [0, 0.05) is 10.2 Å². The summed E-state index contributed by atoms with van der Waals surface area (Å²) in [5, 5.41) is 3.40. The maximum Gasteiger partial charge on any atom is 0.331 e. The first-order valence-corrected chi connectivity index (χ1v) is 7.04. The van der Waals surface area contributed by atoms with E-state index in [0.717, 1.165) is 29.4 Å². The monoisotopic (exact) mass is 311 g/mol. The van der Waals surface area contributed by atoms with Gasteiger partial charge in [0.25, 0.3) is 0 Å². The van der Waals surface area contributed by atoms with E-state index in [1.54, 1.807) is 0 Å². The topological polar surface area (TPSA) is 38.3 Å². The van der Waals surface area contributed by atoms with Gasteiger partial charge in [-0.25, -0.2) is 4.79 Å². The second kappa shape index (κ2) is 5.31. The molecule has 0 aliphatic heterocycles. The predicted molar refractivity (Wildman–Crippen MR) is 75.5 cm³/mol. The first-order valence-electron chi connectivity index (χ1n) is 6.25. The van der Waals surface area contributed by atoms with Crippen LogP contribution in [0.5, 0.6) is 0 Å². The predicted octanol–water partition coefficient (Wildman–Crippen LogP) is 3.59. The van der Waals surface area contributed by atoms with Gasteiger partial charge in [-0.2, -0.15) is 0 Å². The van der Waals surface area contributed by atoms with Gasteiger partial charge in [-0.05, 0) is 53.2 Å². The Morgan fingerprint density at radius 3 is 2.67 bits per heavy atom. The Morgan fingerprint density at radius 2 is 2.17 bits per heavy atom. The summed E-state index contributed by atoms with van der Waals surface area (Å²) in [5.74, 6) is 0.213. The van der Waals surface area contributed by atoms with Crippen molar-refractivity contribution in [2.45, 2.75) is 31.7 Å². The van der Waals surface area contributed by atoms with Crippen molar-refractivity contribution in [1.29, 1.82) is 0 Å². The Morgan fingerprint density at radius 1 is 1.50 bits per heavy atom. The van der Waals surface area contributed by atoms with Crippen LogP contribution in [-0.2, 0) is 9.53 Å². The van der Waals surface area contributed by atoms with Crippen molar-refractivity contribution < 1.29 is 9.53 Å². The molecule has 98 valence electrons. The number of hydrogen-bond acceptors (Lipinski definition) is 3. The molecule has 0 saturated heterocycles. The van der Waals surface area contributed by atoms with Crippen molar-refractivity contribution in [3.8, 4) is 0 Å². The van der Waals surface area contributed by atoms with Crippen LogP contribution in [0.15, 0.2) is 28.7 Å². The van der Waals surface area contributed by atoms with Crippen LogP contribution in [-0.4, -0.2) is 18.6 Å². The van der Waals surface area contributed by atoms with Crippen LogP contribution in [0.25, 0.3) is 0 Å². The average molecular weight is 312 g/mol. The van der Waals surface area contributed by atoms with Crippen LogP contribution in [0.4, 0.5) is 5.69 Å². The molecule has 0 aromatic heterocycles. The zero-order chi connectivity index (χ0) is 13.2. The summed E-state index contributed by atoms with van der Waals surface area (Å²) < 4.78 is 5.97. The van der Waals surface area contributed by atoms with Gasteiger partial charge in [0.15, 0.2) is 0 Å². The standard InChI is InChI=1S/C14H18BrNO2/c1-3-14(10-8-9-10,13(17)18-2)16-12-7-5-4-6-11(12)15/h4-7,10,16H,3,8-9H2,1-2H3. The van der Waals surface area contributed by atoms with Crippen LogP contribution in [0.1, 0.15) is 26.2 Å². The quantitative estimate of drug-likeness (QED) is 0.844. The summed E-state index contributed by atoms with van der Waals surface area (Å²) in [5.41, 5.74) is 0.357. The summed E-state index contributed by atoms with van der Waals surface area (Å²) in [7, 11) is 1.46. The first kappa shape index (κ1) is 13.4. The van der Waals surface area contributed by atoms with Gasteiger partial charge in [0.05, 0.1) is 7.11 Å². The molecule has 4 heteroatoms. The van der Waals surface area contributed by atoms with Crippen LogP contribution in [0.3, 0.4) is 0 Å². The fourth-order valence-electron chi connectivity index (χ4n) is 2.40. The van der Waals surface area contributed by atoms with Crippen LogP contribution in [0, 0.1) is 5.92 Å². The number of hydrogen-bond donors (Lipinski definition) is 1. The summed E-state index contributed by atoms with van der Waals surface area (Å²) in [6.07, 6.45) is 2.90. The molecule has 1 fully saturated rings.